The first-order valence-corrected chi connectivity index (χ1v) is 6.28. The predicted octanol–water partition coefficient (Wildman–Crippen LogP) is -4.12. The third-order valence-electron chi connectivity index (χ3n) is 2.26. The topological polar surface area (TPSA) is 180 Å². The highest BCUT2D eigenvalue weighted by Gasteiger charge is 2.16. The van der Waals surface area contributed by atoms with Crippen LogP contribution >= 0.6 is 0 Å². The SMILES string of the molecule is C[C@H](NC(=O)CNC(=O)CNC(=O)CN)C(=O)NCC(=O)O. The summed E-state index contributed by atoms with van der Waals surface area (Å²) in [4.78, 5) is 55.2. The second-order valence-electron chi connectivity index (χ2n) is 4.16. The van der Waals surface area contributed by atoms with E-state index in [4.69, 9.17) is 10.8 Å². The molecule has 0 rings (SSSR count). The Morgan fingerprint density at radius 3 is 2.00 bits per heavy atom. The first kappa shape index (κ1) is 19.3. The largest absolute Gasteiger partial charge is 0.480 e. The van der Waals surface area contributed by atoms with Crippen molar-refractivity contribution in [3.63, 3.8) is 0 Å². The molecule has 0 fully saturated rings. The Balaban J connectivity index is 3.97. The minimum Gasteiger partial charge on any atom is -0.480 e. The fourth-order valence-corrected chi connectivity index (χ4v) is 1.17. The number of hydrogen-bond acceptors (Lipinski definition) is 6. The standard InChI is InChI=1S/C11H19N5O6/c1-6(11(22)15-5-10(20)21)16-9(19)4-14-8(18)3-13-7(17)2-12/h6H,2-5,12H2,1H3,(H,13,17)(H,14,18)(H,15,22)(H,16,19)(H,20,21)/t6-/m0/s1. The normalized spacial score (nSPS) is 11.0. The zero-order valence-corrected chi connectivity index (χ0v) is 12.0. The molecule has 4 amide bonds. The van der Waals surface area contributed by atoms with Crippen LogP contribution in [0.2, 0.25) is 0 Å². The Kier molecular flexibility index (Phi) is 8.86. The molecule has 0 bridgehead atoms. The van der Waals surface area contributed by atoms with E-state index in [0.29, 0.717) is 0 Å². The fraction of sp³-hybridized carbons (Fsp3) is 0.545. The van der Waals surface area contributed by atoms with E-state index >= 15 is 0 Å². The molecule has 0 aromatic rings. The van der Waals surface area contributed by atoms with E-state index < -0.39 is 48.7 Å². The highest BCUT2D eigenvalue weighted by atomic mass is 16.4. The summed E-state index contributed by atoms with van der Waals surface area (Å²) in [7, 11) is 0. The van der Waals surface area contributed by atoms with Crippen molar-refractivity contribution >= 4 is 29.6 Å². The van der Waals surface area contributed by atoms with E-state index in [2.05, 4.69) is 21.3 Å². The summed E-state index contributed by atoms with van der Waals surface area (Å²) in [5.41, 5.74) is 5.02. The second-order valence-corrected chi connectivity index (χ2v) is 4.16. The molecule has 11 nitrogen and oxygen atoms in total. The van der Waals surface area contributed by atoms with E-state index in [1.807, 2.05) is 0 Å². The van der Waals surface area contributed by atoms with Gasteiger partial charge in [0, 0.05) is 0 Å². The molecule has 0 spiro atoms. The number of carbonyl (C=O) groups excluding carboxylic acids is 4. The van der Waals surface area contributed by atoms with E-state index in [1.54, 1.807) is 0 Å². The Labute approximate surface area is 126 Å². The van der Waals surface area contributed by atoms with E-state index in [0.717, 1.165) is 0 Å². The van der Waals surface area contributed by atoms with Crippen molar-refractivity contribution in [3.05, 3.63) is 0 Å². The maximum Gasteiger partial charge on any atom is 0.322 e. The van der Waals surface area contributed by atoms with Gasteiger partial charge in [0.25, 0.3) is 0 Å². The number of carboxylic acid groups (broad SMARTS) is 1. The lowest BCUT2D eigenvalue weighted by Gasteiger charge is -2.13. The molecule has 0 radical (unpaired) electrons. The van der Waals surface area contributed by atoms with Gasteiger partial charge < -0.3 is 32.1 Å². The monoisotopic (exact) mass is 317 g/mol. The number of carboxylic acids is 1. The summed E-state index contributed by atoms with van der Waals surface area (Å²) in [6, 6.07) is -0.958. The molecule has 7 N–H and O–H groups in total. The summed E-state index contributed by atoms with van der Waals surface area (Å²) >= 11 is 0. The van der Waals surface area contributed by atoms with Gasteiger partial charge in [-0.05, 0) is 6.92 Å². The average molecular weight is 317 g/mol. The van der Waals surface area contributed by atoms with Crippen molar-refractivity contribution in [2.75, 3.05) is 26.2 Å². The van der Waals surface area contributed by atoms with Crippen LogP contribution in [0, 0.1) is 0 Å². The third kappa shape index (κ3) is 9.25. The molecule has 11 heteroatoms. The van der Waals surface area contributed by atoms with Gasteiger partial charge in [0.15, 0.2) is 0 Å². The molecule has 0 aromatic carbocycles. The van der Waals surface area contributed by atoms with Gasteiger partial charge in [0.1, 0.15) is 12.6 Å². The lowest BCUT2D eigenvalue weighted by atomic mass is 10.3. The second kappa shape index (κ2) is 10.1. The molecule has 0 aliphatic rings. The van der Waals surface area contributed by atoms with Crippen LogP contribution in [0.15, 0.2) is 0 Å². The molecular weight excluding hydrogens is 298 g/mol. The quantitative estimate of drug-likeness (QED) is 0.250. The maximum atomic E-state index is 11.5. The molecule has 0 saturated carbocycles. The van der Waals surface area contributed by atoms with Gasteiger partial charge in [-0.1, -0.05) is 0 Å². The average Bonchev–Trinajstić information content (AvgIpc) is 2.47. The van der Waals surface area contributed by atoms with Crippen LogP contribution in [0.1, 0.15) is 6.92 Å². The zero-order chi connectivity index (χ0) is 17.1. The summed E-state index contributed by atoms with van der Waals surface area (Å²) in [6.07, 6.45) is 0. The van der Waals surface area contributed by atoms with Crippen LogP contribution in [0.25, 0.3) is 0 Å². The number of amides is 4. The van der Waals surface area contributed by atoms with Crippen LogP contribution in [0.3, 0.4) is 0 Å². The van der Waals surface area contributed by atoms with Crippen molar-refractivity contribution in [2.24, 2.45) is 5.73 Å². The number of nitrogens with two attached hydrogens (primary N) is 1. The minimum atomic E-state index is -1.21. The lowest BCUT2D eigenvalue weighted by molar-refractivity contribution is -0.138. The lowest BCUT2D eigenvalue weighted by Crippen LogP contribution is -2.49. The smallest absolute Gasteiger partial charge is 0.322 e. The van der Waals surface area contributed by atoms with Gasteiger partial charge in [0.05, 0.1) is 19.6 Å². The Hall–Kier alpha value is -2.69. The predicted molar refractivity (Wildman–Crippen MR) is 73.3 cm³/mol. The minimum absolute atomic E-state index is 0.253. The van der Waals surface area contributed by atoms with Crippen LogP contribution in [-0.2, 0) is 24.0 Å². The van der Waals surface area contributed by atoms with Crippen molar-refractivity contribution in [2.45, 2.75) is 13.0 Å². The molecule has 0 unspecified atom stereocenters. The van der Waals surface area contributed by atoms with E-state index in [-0.39, 0.29) is 13.1 Å². The highest BCUT2D eigenvalue weighted by molar-refractivity contribution is 5.91. The molecular formula is C11H19N5O6. The molecule has 22 heavy (non-hydrogen) atoms. The number of nitrogens with one attached hydrogen (secondary N) is 4. The summed E-state index contributed by atoms with van der Waals surface area (Å²) < 4.78 is 0. The highest BCUT2D eigenvalue weighted by Crippen LogP contribution is 1.82. The number of hydrogen-bond donors (Lipinski definition) is 6. The molecule has 0 aromatic heterocycles. The summed E-state index contributed by atoms with van der Waals surface area (Å²) in [6.45, 7) is -0.169. The van der Waals surface area contributed by atoms with Gasteiger partial charge in [-0.25, -0.2) is 0 Å². The van der Waals surface area contributed by atoms with Gasteiger partial charge in [-0.2, -0.15) is 0 Å². The van der Waals surface area contributed by atoms with E-state index in [1.165, 1.54) is 6.92 Å². The van der Waals surface area contributed by atoms with Crippen molar-refractivity contribution in [1.82, 2.24) is 21.3 Å². The van der Waals surface area contributed by atoms with Crippen LogP contribution in [-0.4, -0.2) is 66.9 Å². The third-order valence-corrected chi connectivity index (χ3v) is 2.26. The summed E-state index contributed by atoms with van der Waals surface area (Å²) in [5.74, 6) is -3.63. The zero-order valence-electron chi connectivity index (χ0n) is 12.0. The van der Waals surface area contributed by atoms with Crippen LogP contribution in [0.4, 0.5) is 0 Å². The van der Waals surface area contributed by atoms with Gasteiger partial charge in [-0.3, -0.25) is 24.0 Å². The fourth-order valence-electron chi connectivity index (χ4n) is 1.17. The first-order valence-electron chi connectivity index (χ1n) is 6.28. The molecule has 0 heterocycles. The maximum absolute atomic E-state index is 11.5. The first-order chi connectivity index (χ1) is 10.3. The van der Waals surface area contributed by atoms with E-state index in [9.17, 15) is 24.0 Å². The van der Waals surface area contributed by atoms with Crippen molar-refractivity contribution in [1.29, 1.82) is 0 Å². The summed E-state index contributed by atoms with van der Waals surface area (Å²) in [5, 5.41) is 17.2. The molecule has 0 aliphatic heterocycles. The number of aliphatic carboxylic acids is 1. The molecule has 0 saturated heterocycles. The van der Waals surface area contributed by atoms with Crippen LogP contribution < -0.4 is 27.0 Å². The number of rotatable bonds is 9. The van der Waals surface area contributed by atoms with Crippen molar-refractivity contribution in [3.8, 4) is 0 Å². The molecule has 124 valence electrons. The Morgan fingerprint density at radius 2 is 1.45 bits per heavy atom. The van der Waals surface area contributed by atoms with Crippen molar-refractivity contribution < 1.29 is 29.1 Å². The molecule has 0 aliphatic carbocycles. The Morgan fingerprint density at radius 1 is 0.909 bits per heavy atom. The van der Waals surface area contributed by atoms with Gasteiger partial charge in [0.2, 0.25) is 23.6 Å². The number of carbonyl (C=O) groups is 5. The Bertz CT molecular complexity index is 452. The van der Waals surface area contributed by atoms with Gasteiger partial charge in [-0.15, -0.1) is 0 Å². The van der Waals surface area contributed by atoms with Crippen LogP contribution in [0.5, 0.6) is 0 Å². The molecule has 1 atom stereocenters. The van der Waals surface area contributed by atoms with Gasteiger partial charge >= 0.3 is 5.97 Å².